The Morgan fingerprint density at radius 1 is 0.948 bits per heavy atom. The highest BCUT2D eigenvalue weighted by Crippen LogP contribution is 2.42. The summed E-state index contributed by atoms with van der Waals surface area (Å²) < 4.78 is 55.3. The summed E-state index contributed by atoms with van der Waals surface area (Å²) in [7, 11) is -4.66. The number of nitrogens with zero attached hydrogens (tertiary/aromatic N) is 5. The molecule has 3 aliphatic rings. The quantitative estimate of drug-likeness (QED) is 0.0725. The van der Waals surface area contributed by atoms with Gasteiger partial charge in [-0.15, -0.1) is 9.28 Å². The van der Waals surface area contributed by atoms with Crippen LogP contribution in [0.1, 0.15) is 177 Å². The zero-order valence-electron chi connectivity index (χ0n) is 36.5. The molecule has 4 rings (SSSR count). The second-order valence-electron chi connectivity index (χ2n) is 18.1. The van der Waals surface area contributed by atoms with E-state index in [4.69, 9.17) is 22.6 Å². The minimum absolute atomic E-state index is 0.118. The van der Waals surface area contributed by atoms with Gasteiger partial charge in [-0.1, -0.05) is 71.4 Å². The van der Waals surface area contributed by atoms with Crippen LogP contribution in [0.4, 0.5) is 14.4 Å². The van der Waals surface area contributed by atoms with E-state index in [-0.39, 0.29) is 12.5 Å². The summed E-state index contributed by atoms with van der Waals surface area (Å²) in [6, 6.07) is 0.233. The molecular weight excluding hydrogens is 771 g/mol. The number of ether oxygens (including phenoxy) is 2. The van der Waals surface area contributed by atoms with Gasteiger partial charge in [0.05, 0.1) is 12.1 Å². The third-order valence-electron chi connectivity index (χ3n) is 10.5. The standard InChI is InChI=1S/C40H69N7O10S/c1-11-15-21-40(20-14-4,22-16-12-2)46(25-17-13-3)56-58(51,52)57-47-29-18-19-32(45(28-29)36(47)50)31-26-30(55-44-31)27-39(23-24-39)43-33(41-34(48)53-37(5,6)7)42-35(49)54-38(8,9)10/h26,29,32H,11-25,27-28H2,1-10H3,(H2,41,42,43,48,49)/t29-,32-/m0/s1. The van der Waals surface area contributed by atoms with Gasteiger partial charge in [0, 0.05) is 36.7 Å². The van der Waals surface area contributed by atoms with E-state index in [9.17, 15) is 22.8 Å². The monoisotopic (exact) mass is 839 g/mol. The molecule has 330 valence electrons. The number of urea groups is 1. The van der Waals surface area contributed by atoms with Gasteiger partial charge in [0.15, 0.2) is 0 Å². The number of carbonyl (C=O) groups is 3. The van der Waals surface area contributed by atoms with E-state index in [1.165, 1.54) is 0 Å². The number of aromatic nitrogens is 1. The van der Waals surface area contributed by atoms with Gasteiger partial charge in [0.1, 0.15) is 22.7 Å². The van der Waals surface area contributed by atoms with Crippen molar-refractivity contribution >= 4 is 34.6 Å². The second kappa shape index (κ2) is 19.7. The SMILES string of the molecule is CCCCN(OS(=O)(=O)ON1C(=O)N2C[C@@H]1CC[C@H]2c1cc(CC2(N/C(=N\C(=O)OC(C)(C)C)NC(=O)OC(C)(C)C)CC2)on1)C(CCC)(CCCC)CCCC. The Labute approximate surface area is 345 Å². The van der Waals surface area contributed by atoms with E-state index in [2.05, 4.69) is 48.5 Å². The number of hydroxylamine groups is 4. The predicted octanol–water partition coefficient (Wildman–Crippen LogP) is 8.23. The highest BCUT2D eigenvalue weighted by molar-refractivity contribution is 7.81. The molecule has 18 heteroatoms. The lowest BCUT2D eigenvalue weighted by atomic mass is 9.82. The molecule has 0 aromatic carbocycles. The Kier molecular flexibility index (Phi) is 16.0. The number of hydrogen-bond acceptors (Lipinski definition) is 12. The number of rotatable bonds is 20. The van der Waals surface area contributed by atoms with Crippen LogP contribution in [0, 0.1) is 0 Å². The second-order valence-corrected chi connectivity index (χ2v) is 19.2. The maximum atomic E-state index is 13.8. The lowest BCUT2D eigenvalue weighted by Gasteiger charge is -2.43. The largest absolute Gasteiger partial charge is 0.444 e. The van der Waals surface area contributed by atoms with Crippen LogP contribution in [-0.4, -0.2) is 94.2 Å². The third-order valence-corrected chi connectivity index (χ3v) is 11.2. The summed E-state index contributed by atoms with van der Waals surface area (Å²) in [5, 5.41) is 12.6. The van der Waals surface area contributed by atoms with Crippen molar-refractivity contribution in [2.45, 2.75) is 200 Å². The fourth-order valence-corrected chi connectivity index (χ4v) is 8.52. The van der Waals surface area contributed by atoms with E-state index in [1.807, 2.05) is 0 Å². The molecule has 17 nitrogen and oxygen atoms in total. The molecule has 1 aliphatic carbocycles. The molecule has 2 saturated heterocycles. The summed E-state index contributed by atoms with van der Waals surface area (Å²) >= 11 is 0. The van der Waals surface area contributed by atoms with Crippen LogP contribution in [0.15, 0.2) is 15.6 Å². The van der Waals surface area contributed by atoms with Crippen LogP contribution in [0.25, 0.3) is 0 Å². The molecule has 1 aromatic rings. The first kappa shape index (κ1) is 47.2. The van der Waals surface area contributed by atoms with Gasteiger partial charge in [-0.3, -0.25) is 5.32 Å². The van der Waals surface area contributed by atoms with Crippen molar-refractivity contribution in [1.82, 2.24) is 30.8 Å². The number of fused-ring (bicyclic) bond motifs is 2. The molecule has 2 atom stereocenters. The first-order chi connectivity index (χ1) is 27.2. The number of nitrogens with one attached hydrogen (secondary N) is 2. The summed E-state index contributed by atoms with van der Waals surface area (Å²) in [6.45, 7) is 19.4. The van der Waals surface area contributed by atoms with Gasteiger partial charge in [-0.25, -0.2) is 14.4 Å². The molecule has 2 N–H and O–H groups in total. The van der Waals surface area contributed by atoms with Crippen LogP contribution in [0.3, 0.4) is 0 Å². The van der Waals surface area contributed by atoms with Gasteiger partial charge in [-0.05, 0) is 92.9 Å². The zero-order chi connectivity index (χ0) is 42.9. The maximum absolute atomic E-state index is 13.8. The normalized spacial score (nSPS) is 19.8. The molecule has 58 heavy (non-hydrogen) atoms. The van der Waals surface area contributed by atoms with E-state index in [1.54, 1.807) is 57.6 Å². The molecule has 2 aliphatic heterocycles. The summed E-state index contributed by atoms with van der Waals surface area (Å²) in [5.74, 6) is 0.396. The van der Waals surface area contributed by atoms with Crippen LogP contribution >= 0.6 is 0 Å². The highest BCUT2D eigenvalue weighted by Gasteiger charge is 2.50. The smallest absolute Gasteiger partial charge is 0.437 e. The summed E-state index contributed by atoms with van der Waals surface area (Å²) in [4.78, 5) is 44.7. The molecule has 3 heterocycles. The molecule has 3 fully saturated rings. The van der Waals surface area contributed by atoms with Gasteiger partial charge in [-0.2, -0.15) is 22.8 Å². The summed E-state index contributed by atoms with van der Waals surface area (Å²) in [5.41, 5.74) is -2.14. The molecule has 0 radical (unpaired) electrons. The number of aliphatic imine (C=N–C) groups is 1. The van der Waals surface area contributed by atoms with E-state index in [0.717, 1.165) is 69.3 Å². The first-order valence-electron chi connectivity index (χ1n) is 21.2. The highest BCUT2D eigenvalue weighted by atomic mass is 32.3. The van der Waals surface area contributed by atoms with Crippen LogP contribution < -0.4 is 10.6 Å². The summed E-state index contributed by atoms with van der Waals surface area (Å²) in [6.07, 6.45) is 9.72. The van der Waals surface area contributed by atoms with Gasteiger partial charge in [0.2, 0.25) is 5.96 Å². The lowest BCUT2D eigenvalue weighted by Crippen LogP contribution is -2.51. The Bertz CT molecular complexity index is 1670. The number of unbranched alkanes of at least 4 members (excludes halogenated alkanes) is 3. The minimum atomic E-state index is -4.66. The predicted molar refractivity (Wildman–Crippen MR) is 217 cm³/mol. The number of carbonyl (C=O) groups excluding carboxylic acids is 3. The molecular formula is C40H69N7O10S. The van der Waals surface area contributed by atoms with Gasteiger partial charge >= 0.3 is 28.6 Å². The van der Waals surface area contributed by atoms with Crippen molar-refractivity contribution in [2.24, 2.45) is 4.99 Å². The van der Waals surface area contributed by atoms with E-state index < -0.39 is 63.0 Å². The Morgan fingerprint density at radius 2 is 1.59 bits per heavy atom. The van der Waals surface area contributed by atoms with Crippen LogP contribution in [0.2, 0.25) is 0 Å². The Hall–Kier alpha value is -3.48. The lowest BCUT2D eigenvalue weighted by molar-refractivity contribution is -0.172. The van der Waals surface area contributed by atoms with Crippen LogP contribution in [-0.2, 0) is 34.9 Å². The van der Waals surface area contributed by atoms with Crippen molar-refractivity contribution in [2.75, 3.05) is 13.1 Å². The third kappa shape index (κ3) is 13.5. The molecule has 0 spiro atoms. The van der Waals surface area contributed by atoms with Crippen molar-refractivity contribution in [3.63, 3.8) is 0 Å². The fraction of sp³-hybridized carbons (Fsp3) is 0.825. The topological polar surface area (TPSA) is 194 Å². The first-order valence-corrected chi connectivity index (χ1v) is 22.6. The zero-order valence-corrected chi connectivity index (χ0v) is 37.3. The average Bonchev–Trinajstić information content (AvgIpc) is 3.63. The van der Waals surface area contributed by atoms with Gasteiger partial charge in [0.25, 0.3) is 0 Å². The van der Waals surface area contributed by atoms with E-state index in [0.29, 0.717) is 50.1 Å². The minimum Gasteiger partial charge on any atom is -0.444 e. The number of hydrogen-bond donors (Lipinski definition) is 2. The van der Waals surface area contributed by atoms with Crippen molar-refractivity contribution in [1.29, 1.82) is 0 Å². The van der Waals surface area contributed by atoms with Crippen molar-refractivity contribution in [3.05, 3.63) is 17.5 Å². The van der Waals surface area contributed by atoms with Crippen molar-refractivity contribution in [3.8, 4) is 0 Å². The number of alkyl carbamates (subject to hydrolysis) is 1. The average molecular weight is 840 g/mol. The fourth-order valence-electron chi connectivity index (χ4n) is 7.66. The van der Waals surface area contributed by atoms with Crippen molar-refractivity contribution < 1.29 is 45.4 Å². The van der Waals surface area contributed by atoms with Crippen LogP contribution in [0.5, 0.6) is 0 Å². The molecule has 2 bridgehead atoms. The molecule has 0 unspecified atom stereocenters. The number of piperidine rings is 1. The van der Waals surface area contributed by atoms with Gasteiger partial charge < -0.3 is 24.2 Å². The van der Waals surface area contributed by atoms with E-state index >= 15 is 0 Å². The number of guanidine groups is 1. The molecule has 1 saturated carbocycles. The molecule has 1 aromatic heterocycles. The number of amides is 4. The Morgan fingerprint density at radius 3 is 2.16 bits per heavy atom. The Balaban J connectivity index is 1.46. The molecule has 4 amide bonds. The maximum Gasteiger partial charge on any atom is 0.437 e.